The zero-order chi connectivity index (χ0) is 13.4. The predicted octanol–water partition coefficient (Wildman–Crippen LogP) is 3.23. The van der Waals surface area contributed by atoms with E-state index in [2.05, 4.69) is 32.1 Å². The molecule has 1 aliphatic heterocycles. The highest BCUT2D eigenvalue weighted by molar-refractivity contribution is 9.10. The SMILES string of the molecule is N#CB1CCC(n2nc3cc(Br)cc(F)c3n2)CC1. The second-order valence-corrected chi connectivity index (χ2v) is 5.83. The van der Waals surface area contributed by atoms with E-state index in [-0.39, 0.29) is 18.6 Å². The molecule has 0 atom stereocenters. The molecule has 7 heteroatoms. The number of fused-ring (bicyclic) bond motifs is 1. The Labute approximate surface area is 118 Å². The van der Waals surface area contributed by atoms with E-state index in [4.69, 9.17) is 5.26 Å². The average molecular weight is 321 g/mol. The van der Waals surface area contributed by atoms with Gasteiger partial charge in [-0.3, -0.25) is 0 Å². The first kappa shape index (κ1) is 12.6. The van der Waals surface area contributed by atoms with Crippen molar-refractivity contribution in [2.24, 2.45) is 0 Å². The minimum absolute atomic E-state index is 0.145. The normalized spacial score (nSPS) is 16.8. The van der Waals surface area contributed by atoms with Crippen molar-refractivity contribution in [3.63, 3.8) is 0 Å². The summed E-state index contributed by atoms with van der Waals surface area (Å²) in [4.78, 5) is 1.62. The fourth-order valence-corrected chi connectivity index (χ4v) is 2.98. The number of nitrogens with zero attached hydrogens (tertiary/aromatic N) is 4. The smallest absolute Gasteiger partial charge is 0.213 e. The zero-order valence-electron chi connectivity index (χ0n) is 10.2. The van der Waals surface area contributed by atoms with Gasteiger partial charge in [-0.1, -0.05) is 28.6 Å². The van der Waals surface area contributed by atoms with Crippen molar-refractivity contribution < 1.29 is 4.39 Å². The third-order valence-electron chi connectivity index (χ3n) is 3.63. The Morgan fingerprint density at radius 3 is 2.79 bits per heavy atom. The van der Waals surface area contributed by atoms with Gasteiger partial charge in [-0.2, -0.15) is 9.90 Å². The molecular weight excluding hydrogens is 310 g/mol. The number of aromatic nitrogens is 3. The molecule has 0 unspecified atom stereocenters. The van der Waals surface area contributed by atoms with Crippen molar-refractivity contribution in [2.75, 3.05) is 0 Å². The Bertz CT molecular complexity index is 658. The monoisotopic (exact) mass is 320 g/mol. The zero-order valence-corrected chi connectivity index (χ0v) is 11.8. The summed E-state index contributed by atoms with van der Waals surface area (Å²) in [6, 6.07) is 3.34. The molecule has 1 saturated heterocycles. The lowest BCUT2D eigenvalue weighted by Gasteiger charge is -2.21. The summed E-state index contributed by atoms with van der Waals surface area (Å²) in [5.41, 5.74) is 0.875. The molecule has 0 bridgehead atoms. The van der Waals surface area contributed by atoms with Gasteiger partial charge in [0.15, 0.2) is 5.82 Å². The van der Waals surface area contributed by atoms with Crippen LogP contribution < -0.4 is 0 Å². The minimum atomic E-state index is -0.360. The van der Waals surface area contributed by atoms with Gasteiger partial charge >= 0.3 is 0 Å². The van der Waals surface area contributed by atoms with Crippen LogP contribution in [0.5, 0.6) is 0 Å². The molecule has 1 aromatic carbocycles. The Kier molecular flexibility index (Phi) is 3.27. The van der Waals surface area contributed by atoms with Crippen LogP contribution in [0.2, 0.25) is 12.6 Å². The average Bonchev–Trinajstić information content (AvgIpc) is 2.83. The first-order valence-electron chi connectivity index (χ1n) is 6.28. The number of hydrogen-bond donors (Lipinski definition) is 0. The second-order valence-electron chi connectivity index (χ2n) is 4.91. The lowest BCUT2D eigenvalue weighted by Crippen LogP contribution is -2.23. The molecule has 4 nitrogen and oxygen atoms in total. The lowest BCUT2D eigenvalue weighted by molar-refractivity contribution is 0.374. The van der Waals surface area contributed by atoms with Gasteiger partial charge in [0.25, 0.3) is 6.71 Å². The first-order chi connectivity index (χ1) is 9.17. The topological polar surface area (TPSA) is 54.5 Å². The molecule has 0 N–H and O–H groups in total. The molecular formula is C12H11BBrFN4. The Balaban J connectivity index is 1.90. The van der Waals surface area contributed by atoms with Gasteiger partial charge in [-0.05, 0) is 25.0 Å². The third kappa shape index (κ3) is 2.37. The maximum absolute atomic E-state index is 13.8. The first-order valence-corrected chi connectivity index (χ1v) is 7.08. The van der Waals surface area contributed by atoms with E-state index in [1.807, 2.05) is 0 Å². The molecule has 19 heavy (non-hydrogen) atoms. The van der Waals surface area contributed by atoms with Crippen LogP contribution in [0.25, 0.3) is 11.0 Å². The van der Waals surface area contributed by atoms with Crippen LogP contribution in [0.1, 0.15) is 18.9 Å². The van der Waals surface area contributed by atoms with Crippen LogP contribution in [-0.2, 0) is 0 Å². The highest BCUT2D eigenvalue weighted by Gasteiger charge is 2.26. The number of hydrogen-bond acceptors (Lipinski definition) is 3. The molecule has 0 saturated carbocycles. The molecule has 3 rings (SSSR count). The third-order valence-corrected chi connectivity index (χ3v) is 4.08. The van der Waals surface area contributed by atoms with Crippen LogP contribution >= 0.6 is 15.9 Å². The van der Waals surface area contributed by atoms with E-state index in [0.29, 0.717) is 15.5 Å². The number of halogens is 2. The van der Waals surface area contributed by atoms with Crippen LogP contribution in [0.3, 0.4) is 0 Å². The molecule has 0 radical (unpaired) electrons. The number of rotatable bonds is 1. The van der Waals surface area contributed by atoms with Crippen LogP contribution in [-0.4, -0.2) is 21.7 Å². The van der Waals surface area contributed by atoms with Crippen molar-refractivity contribution in [3.8, 4) is 5.97 Å². The van der Waals surface area contributed by atoms with Crippen molar-refractivity contribution in [1.82, 2.24) is 15.0 Å². The summed E-state index contributed by atoms with van der Waals surface area (Å²) in [6.45, 7) is 0.145. The standard InChI is InChI=1S/C12H11BBrFN4/c14-8-5-10(15)12-11(6-8)17-19(18-12)9-1-3-13(7-16)4-2-9/h5-6,9H,1-4H2. The fraction of sp³-hybridized carbons (Fsp3) is 0.417. The summed E-state index contributed by atoms with van der Waals surface area (Å²) in [5.74, 6) is 1.94. The van der Waals surface area contributed by atoms with Gasteiger partial charge in [-0.15, -0.1) is 5.10 Å². The highest BCUT2D eigenvalue weighted by atomic mass is 79.9. The maximum Gasteiger partial charge on any atom is 0.268 e. The minimum Gasteiger partial charge on any atom is -0.213 e. The van der Waals surface area contributed by atoms with Gasteiger partial charge in [0.1, 0.15) is 11.0 Å². The van der Waals surface area contributed by atoms with Gasteiger partial charge < -0.3 is 0 Å². The summed E-state index contributed by atoms with van der Waals surface area (Å²) in [5, 5.41) is 17.5. The van der Waals surface area contributed by atoms with Crippen LogP contribution in [0.4, 0.5) is 4.39 Å². The van der Waals surface area contributed by atoms with E-state index < -0.39 is 0 Å². The Hall–Kier alpha value is -1.42. The van der Waals surface area contributed by atoms with Crippen molar-refractivity contribution in [1.29, 1.82) is 5.26 Å². The van der Waals surface area contributed by atoms with Gasteiger partial charge in [-0.25, -0.2) is 9.65 Å². The van der Waals surface area contributed by atoms with Crippen molar-refractivity contribution in [3.05, 3.63) is 22.4 Å². The molecule has 0 aliphatic carbocycles. The second kappa shape index (κ2) is 4.93. The van der Waals surface area contributed by atoms with E-state index >= 15 is 0 Å². The van der Waals surface area contributed by atoms with Crippen molar-refractivity contribution in [2.45, 2.75) is 31.5 Å². The van der Waals surface area contributed by atoms with Crippen LogP contribution in [0, 0.1) is 17.0 Å². The number of nitriles is 1. The number of benzene rings is 1. The molecule has 2 aromatic rings. The van der Waals surface area contributed by atoms with E-state index in [1.165, 1.54) is 6.07 Å². The molecule has 1 fully saturated rings. The molecule has 0 spiro atoms. The lowest BCUT2D eigenvalue weighted by atomic mass is 9.42. The molecule has 96 valence electrons. The maximum atomic E-state index is 13.8. The quantitative estimate of drug-likeness (QED) is 0.758. The Morgan fingerprint density at radius 1 is 1.37 bits per heavy atom. The van der Waals surface area contributed by atoms with Gasteiger partial charge in [0.05, 0.1) is 6.04 Å². The molecule has 2 heterocycles. The van der Waals surface area contributed by atoms with Gasteiger partial charge in [0.2, 0.25) is 0 Å². The van der Waals surface area contributed by atoms with E-state index in [9.17, 15) is 4.39 Å². The fourth-order valence-electron chi connectivity index (χ4n) is 2.56. The summed E-state index contributed by atoms with van der Waals surface area (Å²) in [7, 11) is 0. The Morgan fingerprint density at radius 2 is 2.11 bits per heavy atom. The largest absolute Gasteiger partial charge is 0.268 e. The van der Waals surface area contributed by atoms with E-state index in [1.54, 1.807) is 10.9 Å². The predicted molar refractivity (Wildman–Crippen MR) is 74.4 cm³/mol. The summed E-state index contributed by atoms with van der Waals surface area (Å²) < 4.78 is 14.4. The summed E-state index contributed by atoms with van der Waals surface area (Å²) >= 11 is 3.25. The van der Waals surface area contributed by atoms with Crippen LogP contribution in [0.15, 0.2) is 16.6 Å². The summed E-state index contributed by atoms with van der Waals surface area (Å²) in [6.07, 6.45) is 3.49. The highest BCUT2D eigenvalue weighted by Crippen LogP contribution is 2.29. The van der Waals surface area contributed by atoms with E-state index in [0.717, 1.165) is 25.5 Å². The van der Waals surface area contributed by atoms with Gasteiger partial charge in [0, 0.05) is 10.4 Å². The van der Waals surface area contributed by atoms with Crippen molar-refractivity contribution >= 4 is 33.7 Å². The molecule has 0 amide bonds. The molecule has 1 aromatic heterocycles. The molecule has 1 aliphatic rings.